The summed E-state index contributed by atoms with van der Waals surface area (Å²) in [6.45, 7) is 5.96. The molecule has 0 saturated heterocycles. The Morgan fingerprint density at radius 2 is 1.65 bits per heavy atom. The molecule has 2 rings (SSSR count). The number of rotatable bonds is 11. The Bertz CT molecular complexity index is 973. The number of anilines is 2. The van der Waals surface area contributed by atoms with E-state index < -0.39 is 15.9 Å². The van der Waals surface area contributed by atoms with Gasteiger partial charge in [0.05, 0.1) is 26.2 Å². The van der Waals surface area contributed by atoms with Crippen molar-refractivity contribution in [2.45, 2.75) is 20.4 Å². The van der Waals surface area contributed by atoms with Crippen molar-refractivity contribution in [1.29, 1.82) is 0 Å². The minimum absolute atomic E-state index is 0.239. The van der Waals surface area contributed by atoms with E-state index in [-0.39, 0.29) is 12.2 Å². The van der Waals surface area contributed by atoms with E-state index >= 15 is 0 Å². The molecule has 0 unspecified atom stereocenters. The molecular weight excluding hydrogens is 418 g/mol. The fraction of sp³-hybridized carbons (Fsp3) is 0.409. The lowest BCUT2D eigenvalue weighted by Crippen LogP contribution is -2.40. The Hall–Kier alpha value is -2.94. The van der Waals surface area contributed by atoms with Crippen LogP contribution in [0.15, 0.2) is 42.5 Å². The quantitative estimate of drug-likeness (QED) is 0.567. The van der Waals surface area contributed by atoms with E-state index in [1.54, 1.807) is 12.1 Å². The van der Waals surface area contributed by atoms with Crippen molar-refractivity contribution in [2.24, 2.45) is 0 Å². The molecule has 1 amide bonds. The van der Waals surface area contributed by atoms with Crippen molar-refractivity contribution in [3.63, 3.8) is 0 Å². The fourth-order valence-corrected chi connectivity index (χ4v) is 4.02. The molecular formula is C22H31N3O5S. The van der Waals surface area contributed by atoms with E-state index in [1.165, 1.54) is 20.3 Å². The summed E-state index contributed by atoms with van der Waals surface area (Å²) in [5, 5.41) is 2.78. The van der Waals surface area contributed by atoms with Crippen molar-refractivity contribution in [3.8, 4) is 11.5 Å². The van der Waals surface area contributed by atoms with Crippen LogP contribution in [0.1, 0.15) is 19.4 Å². The van der Waals surface area contributed by atoms with Crippen molar-refractivity contribution in [1.82, 2.24) is 5.32 Å². The summed E-state index contributed by atoms with van der Waals surface area (Å²) in [6.07, 6.45) is 1.05. The number of amides is 1. The lowest BCUT2D eigenvalue weighted by molar-refractivity contribution is -0.119. The number of hydrogen-bond donors (Lipinski definition) is 1. The Morgan fingerprint density at radius 1 is 1.00 bits per heavy atom. The molecule has 0 atom stereocenters. The molecule has 0 aliphatic heterocycles. The summed E-state index contributed by atoms with van der Waals surface area (Å²) < 4.78 is 36.3. The summed E-state index contributed by atoms with van der Waals surface area (Å²) in [5.74, 6) is 0.354. The first-order valence-electron chi connectivity index (χ1n) is 10.0. The van der Waals surface area contributed by atoms with Crippen LogP contribution in [0.25, 0.3) is 0 Å². The zero-order valence-electron chi connectivity index (χ0n) is 18.7. The standard InChI is InChI=1S/C22H31N3O5S/c1-6-24(7-2)18-10-8-17(9-11-18)15-23-22(26)16-25(31(5,27)28)20-14-19(29-3)12-13-21(20)30-4/h8-14H,6-7,15-16H2,1-5H3,(H,23,26). The topological polar surface area (TPSA) is 88.2 Å². The van der Waals surface area contributed by atoms with Crippen LogP contribution in [0, 0.1) is 0 Å². The minimum Gasteiger partial charge on any atom is -0.497 e. The highest BCUT2D eigenvalue weighted by Gasteiger charge is 2.24. The van der Waals surface area contributed by atoms with E-state index in [9.17, 15) is 13.2 Å². The molecule has 9 heteroatoms. The Morgan fingerprint density at radius 3 is 2.16 bits per heavy atom. The maximum atomic E-state index is 12.6. The number of benzene rings is 2. The number of nitrogens with one attached hydrogen (secondary N) is 1. The second-order valence-corrected chi connectivity index (χ2v) is 8.83. The van der Waals surface area contributed by atoms with Crippen molar-refractivity contribution >= 4 is 27.3 Å². The molecule has 0 heterocycles. The number of carbonyl (C=O) groups is 1. The second kappa shape index (κ2) is 10.9. The van der Waals surface area contributed by atoms with Crippen LogP contribution in [0.3, 0.4) is 0 Å². The predicted molar refractivity (Wildman–Crippen MR) is 124 cm³/mol. The average Bonchev–Trinajstić information content (AvgIpc) is 2.76. The van der Waals surface area contributed by atoms with E-state index in [2.05, 4.69) is 24.1 Å². The van der Waals surface area contributed by atoms with E-state index in [1.807, 2.05) is 24.3 Å². The third-order valence-corrected chi connectivity index (χ3v) is 6.02. The summed E-state index contributed by atoms with van der Waals surface area (Å²) in [7, 11) is -0.824. The Kier molecular flexibility index (Phi) is 8.56. The van der Waals surface area contributed by atoms with Crippen molar-refractivity contribution < 1.29 is 22.7 Å². The van der Waals surface area contributed by atoms with E-state index in [4.69, 9.17) is 9.47 Å². The number of ether oxygens (including phenoxy) is 2. The molecule has 0 saturated carbocycles. The molecule has 0 bridgehead atoms. The predicted octanol–water partition coefficient (Wildman–Crippen LogP) is 2.63. The van der Waals surface area contributed by atoms with Crippen LogP contribution in [0.4, 0.5) is 11.4 Å². The first kappa shape index (κ1) is 24.3. The van der Waals surface area contributed by atoms with Crippen molar-refractivity contribution in [3.05, 3.63) is 48.0 Å². The van der Waals surface area contributed by atoms with Crippen LogP contribution in [0.2, 0.25) is 0 Å². The lowest BCUT2D eigenvalue weighted by atomic mass is 10.2. The molecule has 0 spiro atoms. The highest BCUT2D eigenvalue weighted by Crippen LogP contribution is 2.33. The van der Waals surface area contributed by atoms with Gasteiger partial charge in [0, 0.05) is 31.4 Å². The van der Waals surface area contributed by atoms with Gasteiger partial charge in [0.15, 0.2) is 0 Å². The van der Waals surface area contributed by atoms with Crippen LogP contribution in [-0.4, -0.2) is 54.4 Å². The summed E-state index contributed by atoms with van der Waals surface area (Å²) >= 11 is 0. The minimum atomic E-state index is -3.74. The lowest BCUT2D eigenvalue weighted by Gasteiger charge is -2.24. The van der Waals surface area contributed by atoms with Crippen LogP contribution < -0.4 is 24.0 Å². The first-order chi connectivity index (χ1) is 14.7. The van der Waals surface area contributed by atoms with Gasteiger partial charge in [0.2, 0.25) is 15.9 Å². The summed E-state index contributed by atoms with van der Waals surface area (Å²) in [5.41, 5.74) is 2.28. The molecule has 31 heavy (non-hydrogen) atoms. The highest BCUT2D eigenvalue weighted by atomic mass is 32.2. The largest absolute Gasteiger partial charge is 0.497 e. The number of hydrogen-bond acceptors (Lipinski definition) is 6. The Labute approximate surface area is 184 Å². The van der Waals surface area contributed by atoms with Gasteiger partial charge in [0.1, 0.15) is 18.0 Å². The molecule has 8 nitrogen and oxygen atoms in total. The SMILES string of the molecule is CCN(CC)c1ccc(CNC(=O)CN(c2cc(OC)ccc2OC)S(C)(=O)=O)cc1. The van der Waals surface area contributed by atoms with Gasteiger partial charge in [0.25, 0.3) is 0 Å². The van der Waals surface area contributed by atoms with Gasteiger partial charge < -0.3 is 19.7 Å². The number of methoxy groups -OCH3 is 2. The monoisotopic (exact) mass is 449 g/mol. The molecule has 0 aliphatic rings. The van der Waals surface area contributed by atoms with Gasteiger partial charge in [-0.25, -0.2) is 8.42 Å². The van der Waals surface area contributed by atoms with Gasteiger partial charge in [-0.1, -0.05) is 12.1 Å². The molecule has 1 N–H and O–H groups in total. The third-order valence-electron chi connectivity index (χ3n) is 4.90. The molecule has 2 aromatic rings. The zero-order valence-corrected chi connectivity index (χ0v) is 19.5. The fourth-order valence-electron chi connectivity index (χ4n) is 3.17. The molecule has 170 valence electrons. The van der Waals surface area contributed by atoms with Crippen LogP contribution in [-0.2, 0) is 21.4 Å². The molecule has 0 aliphatic carbocycles. The van der Waals surface area contributed by atoms with Gasteiger partial charge in [-0.05, 0) is 43.7 Å². The van der Waals surface area contributed by atoms with Crippen molar-refractivity contribution in [2.75, 3.05) is 49.3 Å². The second-order valence-electron chi connectivity index (χ2n) is 6.92. The van der Waals surface area contributed by atoms with E-state index in [0.717, 1.165) is 34.9 Å². The number of nitrogens with zero attached hydrogens (tertiary/aromatic N) is 2. The zero-order chi connectivity index (χ0) is 23.0. The first-order valence-corrected chi connectivity index (χ1v) is 11.9. The normalized spacial score (nSPS) is 11.0. The molecule has 2 aromatic carbocycles. The van der Waals surface area contributed by atoms with Gasteiger partial charge in [-0.15, -0.1) is 0 Å². The molecule has 0 aromatic heterocycles. The van der Waals surface area contributed by atoms with Gasteiger partial charge in [-0.2, -0.15) is 0 Å². The summed E-state index contributed by atoms with van der Waals surface area (Å²) in [4.78, 5) is 14.8. The van der Waals surface area contributed by atoms with Gasteiger partial charge in [-0.3, -0.25) is 9.10 Å². The van der Waals surface area contributed by atoms with Gasteiger partial charge >= 0.3 is 0 Å². The third kappa shape index (κ3) is 6.52. The number of sulfonamides is 1. The highest BCUT2D eigenvalue weighted by molar-refractivity contribution is 7.92. The Balaban J connectivity index is 2.13. The average molecular weight is 450 g/mol. The molecule has 0 radical (unpaired) electrons. The van der Waals surface area contributed by atoms with Crippen LogP contribution in [0.5, 0.6) is 11.5 Å². The summed E-state index contributed by atoms with van der Waals surface area (Å²) in [6, 6.07) is 12.7. The smallest absolute Gasteiger partial charge is 0.241 e. The number of carbonyl (C=O) groups excluding carboxylic acids is 1. The maximum Gasteiger partial charge on any atom is 0.241 e. The maximum absolute atomic E-state index is 12.6. The molecule has 0 fully saturated rings. The van der Waals surface area contributed by atoms with E-state index in [0.29, 0.717) is 18.0 Å². The van der Waals surface area contributed by atoms with Crippen LogP contribution >= 0.6 is 0 Å².